The summed E-state index contributed by atoms with van der Waals surface area (Å²) >= 11 is 0. The standard InChI is InChI=1S/C11H19N5O/c1-15-7-5-9(13-15)8-16-6-3-2-4-10(16)11(12)14-17/h5,7,10,17H,2-4,6,8H2,1H3,(H2,12,14). The first-order valence-corrected chi connectivity index (χ1v) is 5.90. The molecule has 0 spiro atoms. The van der Waals surface area contributed by atoms with Crippen LogP contribution in [0.2, 0.25) is 0 Å². The van der Waals surface area contributed by atoms with Gasteiger partial charge in [0, 0.05) is 19.8 Å². The van der Waals surface area contributed by atoms with E-state index in [2.05, 4.69) is 15.2 Å². The van der Waals surface area contributed by atoms with Crippen molar-refractivity contribution in [2.45, 2.75) is 31.8 Å². The number of nitrogens with zero attached hydrogens (tertiary/aromatic N) is 4. The van der Waals surface area contributed by atoms with Gasteiger partial charge >= 0.3 is 0 Å². The second-order valence-electron chi connectivity index (χ2n) is 4.49. The van der Waals surface area contributed by atoms with Gasteiger partial charge in [-0.2, -0.15) is 5.10 Å². The van der Waals surface area contributed by atoms with Crippen LogP contribution in [0.3, 0.4) is 0 Å². The van der Waals surface area contributed by atoms with Crippen molar-refractivity contribution in [3.8, 4) is 0 Å². The Morgan fingerprint density at radius 1 is 1.65 bits per heavy atom. The molecule has 1 aliphatic rings. The average molecular weight is 237 g/mol. The van der Waals surface area contributed by atoms with Crippen LogP contribution >= 0.6 is 0 Å². The van der Waals surface area contributed by atoms with E-state index in [1.165, 1.54) is 0 Å². The minimum Gasteiger partial charge on any atom is -0.409 e. The molecule has 0 radical (unpaired) electrons. The molecule has 2 heterocycles. The van der Waals surface area contributed by atoms with E-state index in [0.29, 0.717) is 5.84 Å². The molecule has 17 heavy (non-hydrogen) atoms. The number of oxime groups is 1. The summed E-state index contributed by atoms with van der Waals surface area (Å²) in [6, 6.07) is 2.04. The predicted octanol–water partition coefficient (Wildman–Crippen LogP) is 0.521. The van der Waals surface area contributed by atoms with Crippen molar-refractivity contribution < 1.29 is 5.21 Å². The molecular weight excluding hydrogens is 218 g/mol. The first kappa shape index (κ1) is 11.9. The topological polar surface area (TPSA) is 79.7 Å². The number of hydrogen-bond donors (Lipinski definition) is 2. The Balaban J connectivity index is 2.06. The lowest BCUT2D eigenvalue weighted by Crippen LogP contribution is -2.47. The van der Waals surface area contributed by atoms with Gasteiger partial charge in [-0.15, -0.1) is 0 Å². The molecule has 1 unspecified atom stereocenters. The molecule has 1 atom stereocenters. The first-order chi connectivity index (χ1) is 8.20. The highest BCUT2D eigenvalue weighted by Gasteiger charge is 2.26. The van der Waals surface area contributed by atoms with Gasteiger partial charge in [0.15, 0.2) is 5.84 Å². The molecule has 1 aromatic heterocycles. The van der Waals surface area contributed by atoms with Crippen molar-refractivity contribution in [3.63, 3.8) is 0 Å². The van der Waals surface area contributed by atoms with Crippen LogP contribution in [-0.2, 0) is 13.6 Å². The van der Waals surface area contributed by atoms with Crippen LogP contribution in [0.4, 0.5) is 0 Å². The minimum absolute atomic E-state index is 0.0377. The molecule has 1 saturated heterocycles. The Labute approximate surface area is 101 Å². The molecule has 94 valence electrons. The van der Waals surface area contributed by atoms with Gasteiger partial charge in [0.05, 0.1) is 11.7 Å². The van der Waals surface area contributed by atoms with Gasteiger partial charge in [-0.25, -0.2) is 0 Å². The molecule has 0 aliphatic carbocycles. The minimum atomic E-state index is 0.0377. The summed E-state index contributed by atoms with van der Waals surface area (Å²) in [6.45, 7) is 1.72. The fourth-order valence-corrected chi connectivity index (χ4v) is 2.34. The summed E-state index contributed by atoms with van der Waals surface area (Å²) < 4.78 is 1.79. The summed E-state index contributed by atoms with van der Waals surface area (Å²) in [5.41, 5.74) is 6.75. The number of piperidine rings is 1. The molecule has 1 aromatic rings. The average Bonchev–Trinajstić information content (AvgIpc) is 2.74. The number of likely N-dealkylation sites (tertiary alicyclic amines) is 1. The summed E-state index contributed by atoms with van der Waals surface area (Å²) in [5, 5.41) is 16.3. The summed E-state index contributed by atoms with van der Waals surface area (Å²) in [7, 11) is 1.90. The predicted molar refractivity (Wildman–Crippen MR) is 64.7 cm³/mol. The van der Waals surface area contributed by atoms with E-state index in [9.17, 15) is 0 Å². The SMILES string of the molecule is Cn1ccc(CN2CCCCC2/C(N)=N/O)n1. The first-order valence-electron chi connectivity index (χ1n) is 5.90. The van der Waals surface area contributed by atoms with Crippen molar-refractivity contribution >= 4 is 5.84 Å². The monoisotopic (exact) mass is 237 g/mol. The van der Waals surface area contributed by atoms with Gasteiger partial charge in [0.1, 0.15) is 0 Å². The zero-order valence-electron chi connectivity index (χ0n) is 10.1. The van der Waals surface area contributed by atoms with Crippen LogP contribution in [0, 0.1) is 0 Å². The highest BCUT2D eigenvalue weighted by Crippen LogP contribution is 2.19. The summed E-state index contributed by atoms with van der Waals surface area (Å²) in [6.07, 6.45) is 5.15. The highest BCUT2D eigenvalue weighted by atomic mass is 16.4. The molecule has 2 rings (SSSR count). The molecule has 0 saturated carbocycles. The maximum Gasteiger partial charge on any atom is 0.156 e. The number of hydrogen-bond acceptors (Lipinski definition) is 4. The van der Waals surface area contributed by atoms with Crippen LogP contribution in [-0.4, -0.2) is 38.3 Å². The van der Waals surface area contributed by atoms with Gasteiger partial charge < -0.3 is 10.9 Å². The maximum atomic E-state index is 8.79. The molecule has 6 heteroatoms. The number of aromatic nitrogens is 2. The van der Waals surface area contributed by atoms with Gasteiger partial charge in [0.2, 0.25) is 0 Å². The van der Waals surface area contributed by atoms with E-state index in [0.717, 1.165) is 38.0 Å². The van der Waals surface area contributed by atoms with Gasteiger partial charge in [-0.3, -0.25) is 9.58 Å². The molecule has 0 bridgehead atoms. The van der Waals surface area contributed by atoms with E-state index < -0.39 is 0 Å². The second kappa shape index (κ2) is 5.18. The summed E-state index contributed by atoms with van der Waals surface area (Å²) in [4.78, 5) is 2.22. The van der Waals surface area contributed by atoms with E-state index in [1.54, 1.807) is 4.68 Å². The van der Waals surface area contributed by atoms with E-state index >= 15 is 0 Å². The molecule has 1 fully saturated rings. The van der Waals surface area contributed by atoms with Crippen LogP contribution in [0.15, 0.2) is 17.4 Å². The number of amidine groups is 1. The smallest absolute Gasteiger partial charge is 0.156 e. The van der Waals surface area contributed by atoms with Crippen LogP contribution < -0.4 is 5.73 Å². The molecule has 0 aromatic carbocycles. The summed E-state index contributed by atoms with van der Waals surface area (Å²) in [5.74, 6) is 0.306. The fraction of sp³-hybridized carbons (Fsp3) is 0.636. The third kappa shape index (κ3) is 2.76. The lowest BCUT2D eigenvalue weighted by Gasteiger charge is -2.34. The van der Waals surface area contributed by atoms with Gasteiger partial charge in [-0.1, -0.05) is 11.6 Å². The Hall–Kier alpha value is -1.56. The van der Waals surface area contributed by atoms with E-state index in [4.69, 9.17) is 10.9 Å². The van der Waals surface area contributed by atoms with Crippen molar-refractivity contribution in [2.75, 3.05) is 6.54 Å². The quantitative estimate of drug-likeness (QED) is 0.348. The number of aryl methyl sites for hydroxylation is 1. The lowest BCUT2D eigenvalue weighted by molar-refractivity contribution is 0.176. The van der Waals surface area contributed by atoms with E-state index in [-0.39, 0.29) is 6.04 Å². The zero-order chi connectivity index (χ0) is 12.3. The van der Waals surface area contributed by atoms with Crippen molar-refractivity contribution in [2.24, 2.45) is 17.9 Å². The van der Waals surface area contributed by atoms with Crippen LogP contribution in [0.5, 0.6) is 0 Å². The normalized spacial score (nSPS) is 22.9. The Morgan fingerprint density at radius 3 is 3.12 bits per heavy atom. The maximum absolute atomic E-state index is 8.79. The van der Waals surface area contributed by atoms with Gasteiger partial charge in [0.25, 0.3) is 0 Å². The molecule has 3 N–H and O–H groups in total. The highest BCUT2D eigenvalue weighted by molar-refractivity contribution is 5.85. The van der Waals surface area contributed by atoms with Crippen molar-refractivity contribution in [1.29, 1.82) is 0 Å². The number of rotatable bonds is 3. The molecule has 0 amide bonds. The molecular formula is C11H19N5O. The van der Waals surface area contributed by atoms with Crippen LogP contribution in [0.25, 0.3) is 0 Å². The third-order valence-electron chi connectivity index (χ3n) is 3.20. The zero-order valence-corrected chi connectivity index (χ0v) is 10.1. The Bertz CT molecular complexity index is 400. The molecule has 1 aliphatic heterocycles. The second-order valence-corrected chi connectivity index (χ2v) is 4.49. The molecule has 6 nitrogen and oxygen atoms in total. The number of nitrogens with two attached hydrogens (primary N) is 1. The van der Waals surface area contributed by atoms with Crippen molar-refractivity contribution in [3.05, 3.63) is 18.0 Å². The third-order valence-corrected chi connectivity index (χ3v) is 3.20. The Kier molecular flexibility index (Phi) is 3.63. The largest absolute Gasteiger partial charge is 0.409 e. The van der Waals surface area contributed by atoms with Crippen molar-refractivity contribution in [1.82, 2.24) is 14.7 Å². The fourth-order valence-electron chi connectivity index (χ4n) is 2.34. The van der Waals surface area contributed by atoms with Gasteiger partial charge in [-0.05, 0) is 25.5 Å². The lowest BCUT2D eigenvalue weighted by atomic mass is 10.0. The Morgan fingerprint density at radius 2 is 2.47 bits per heavy atom. The van der Waals surface area contributed by atoms with E-state index in [1.807, 2.05) is 19.3 Å². The van der Waals surface area contributed by atoms with Crippen LogP contribution in [0.1, 0.15) is 25.0 Å².